The van der Waals surface area contributed by atoms with E-state index in [0.29, 0.717) is 6.61 Å². The average molecular weight is 460 g/mol. The van der Waals surface area contributed by atoms with Crippen LogP contribution < -0.4 is 5.32 Å². The third-order valence-corrected chi connectivity index (χ3v) is 7.95. The summed E-state index contributed by atoms with van der Waals surface area (Å²) in [7, 11) is 0. The van der Waals surface area contributed by atoms with E-state index >= 15 is 0 Å². The number of hydrogen-bond donors (Lipinski definition) is 1. The molecule has 160 valence electrons. The van der Waals surface area contributed by atoms with Gasteiger partial charge in [0.2, 0.25) is 0 Å². The second kappa shape index (κ2) is 7.83. The summed E-state index contributed by atoms with van der Waals surface area (Å²) in [5.41, 5.74) is 5.63. The maximum atomic E-state index is 12.7. The van der Waals surface area contributed by atoms with Crippen molar-refractivity contribution in [3.05, 3.63) is 64.9 Å². The van der Waals surface area contributed by atoms with Crippen LogP contribution in [0.4, 0.5) is 5.69 Å². The maximum Gasteiger partial charge on any atom is 0.328 e. The van der Waals surface area contributed by atoms with Crippen LogP contribution in [0, 0.1) is 5.92 Å². The number of allylic oxidation sites excluding steroid dienone is 2. The molecule has 2 aliphatic rings. The summed E-state index contributed by atoms with van der Waals surface area (Å²) in [6.07, 6.45) is 5.25. The lowest BCUT2D eigenvalue weighted by Crippen LogP contribution is -2.43. The summed E-state index contributed by atoms with van der Waals surface area (Å²) < 4.78 is 5.36. The largest absolute Gasteiger partial charge is 0.464 e. The first-order chi connectivity index (χ1) is 15.7. The van der Waals surface area contributed by atoms with E-state index in [1.54, 1.807) is 22.7 Å². The fourth-order valence-electron chi connectivity index (χ4n) is 4.78. The molecule has 0 radical (unpaired) electrons. The Balaban J connectivity index is 1.52. The predicted molar refractivity (Wildman–Crippen MR) is 130 cm³/mol. The van der Waals surface area contributed by atoms with Gasteiger partial charge in [-0.3, -0.25) is 0 Å². The summed E-state index contributed by atoms with van der Waals surface area (Å²) in [6.45, 7) is 2.23. The fourth-order valence-corrected chi connectivity index (χ4v) is 6.21. The molecule has 4 heterocycles. The number of rotatable bonds is 4. The van der Waals surface area contributed by atoms with Gasteiger partial charge in [-0.15, -0.1) is 22.7 Å². The average Bonchev–Trinajstić information content (AvgIpc) is 3.58. The number of carbonyl (C=O) groups is 1. The monoisotopic (exact) mass is 459 g/mol. The van der Waals surface area contributed by atoms with Crippen LogP contribution in [0.5, 0.6) is 0 Å². The zero-order valence-electron chi connectivity index (χ0n) is 17.4. The quantitative estimate of drug-likeness (QED) is 0.295. The molecule has 5 nitrogen and oxygen atoms in total. The van der Waals surface area contributed by atoms with E-state index in [1.165, 1.54) is 5.56 Å². The molecule has 6 rings (SSSR count). The van der Waals surface area contributed by atoms with E-state index in [2.05, 4.69) is 46.4 Å². The Bertz CT molecular complexity index is 1330. The molecule has 32 heavy (non-hydrogen) atoms. The number of esters is 1. The van der Waals surface area contributed by atoms with Gasteiger partial charge in [0.1, 0.15) is 17.4 Å². The third kappa shape index (κ3) is 3.15. The molecule has 1 aromatic carbocycles. The second-order valence-corrected chi connectivity index (χ2v) is 9.93. The normalized spacial score (nSPS) is 21.2. The number of anilines is 1. The van der Waals surface area contributed by atoms with Gasteiger partial charge in [0.15, 0.2) is 0 Å². The van der Waals surface area contributed by atoms with E-state index in [9.17, 15) is 4.79 Å². The lowest BCUT2D eigenvalue weighted by Gasteiger charge is -2.35. The van der Waals surface area contributed by atoms with Gasteiger partial charge in [0.05, 0.1) is 27.4 Å². The summed E-state index contributed by atoms with van der Waals surface area (Å²) in [5.74, 6) is 0.151. The number of aromatic nitrogens is 2. The van der Waals surface area contributed by atoms with Crippen molar-refractivity contribution >= 4 is 45.4 Å². The van der Waals surface area contributed by atoms with Gasteiger partial charge >= 0.3 is 5.97 Å². The summed E-state index contributed by atoms with van der Waals surface area (Å²) >= 11 is 3.34. The fraction of sp³-hybridized carbons (Fsp3) is 0.240. The van der Waals surface area contributed by atoms with Crippen molar-refractivity contribution in [2.24, 2.45) is 5.92 Å². The highest BCUT2D eigenvalue weighted by molar-refractivity contribution is 7.14. The Morgan fingerprint density at radius 2 is 1.78 bits per heavy atom. The smallest absolute Gasteiger partial charge is 0.328 e. The number of fused-ring (bicyclic) bond motifs is 4. The molecule has 1 aliphatic heterocycles. The third-order valence-electron chi connectivity index (χ3n) is 6.20. The number of nitrogens with one attached hydrogen (secondary N) is 1. The molecule has 1 N–H and O–H groups in total. The van der Waals surface area contributed by atoms with E-state index in [0.717, 1.165) is 44.3 Å². The molecule has 3 aromatic heterocycles. The van der Waals surface area contributed by atoms with Gasteiger partial charge in [-0.2, -0.15) is 0 Å². The van der Waals surface area contributed by atoms with E-state index in [-0.39, 0.29) is 23.8 Å². The molecule has 1 aliphatic carbocycles. The Morgan fingerprint density at radius 3 is 2.41 bits per heavy atom. The minimum atomic E-state index is -0.352. The van der Waals surface area contributed by atoms with Crippen molar-refractivity contribution in [2.75, 3.05) is 11.9 Å². The van der Waals surface area contributed by atoms with Gasteiger partial charge in [-0.25, -0.2) is 14.8 Å². The van der Waals surface area contributed by atoms with Crippen LogP contribution in [0.1, 0.15) is 24.8 Å². The van der Waals surface area contributed by atoms with E-state index < -0.39 is 0 Å². The minimum absolute atomic E-state index is 0.161. The topological polar surface area (TPSA) is 64.1 Å². The molecule has 0 fully saturated rings. The minimum Gasteiger partial charge on any atom is -0.464 e. The van der Waals surface area contributed by atoms with Crippen molar-refractivity contribution in [1.82, 2.24) is 9.97 Å². The standard InChI is InChI=1S/C25H21N3O2S2/c1-2-30-25(29)22-15-7-3-6-14(15)16-12-18-19(13-17(16)26-22)28-24(21-9-5-11-32-21)23(27-18)20-8-4-10-31-20/h3-6,8-15,22,26H,2,7H2,1H3. The summed E-state index contributed by atoms with van der Waals surface area (Å²) in [6, 6.07) is 12.1. The van der Waals surface area contributed by atoms with Crippen LogP contribution in [-0.4, -0.2) is 28.6 Å². The molecular weight excluding hydrogens is 438 g/mol. The number of carbonyl (C=O) groups excluding carboxylic acids is 1. The van der Waals surface area contributed by atoms with Crippen molar-refractivity contribution in [3.63, 3.8) is 0 Å². The molecule has 3 atom stereocenters. The first-order valence-electron chi connectivity index (χ1n) is 10.8. The second-order valence-electron chi connectivity index (χ2n) is 8.03. The van der Waals surface area contributed by atoms with Crippen LogP contribution in [-0.2, 0) is 9.53 Å². The van der Waals surface area contributed by atoms with Crippen LogP contribution in [0.3, 0.4) is 0 Å². The van der Waals surface area contributed by atoms with Crippen LogP contribution in [0.15, 0.2) is 59.3 Å². The number of hydrogen-bond acceptors (Lipinski definition) is 7. The van der Waals surface area contributed by atoms with Gasteiger partial charge in [0, 0.05) is 17.5 Å². The number of ether oxygens (including phenoxy) is 1. The van der Waals surface area contributed by atoms with E-state index in [1.807, 2.05) is 25.1 Å². The number of thiophene rings is 2. The molecule has 0 saturated heterocycles. The highest BCUT2D eigenvalue weighted by atomic mass is 32.1. The highest BCUT2D eigenvalue weighted by Gasteiger charge is 2.41. The molecule has 7 heteroatoms. The van der Waals surface area contributed by atoms with Gasteiger partial charge in [0.25, 0.3) is 0 Å². The first kappa shape index (κ1) is 19.6. The van der Waals surface area contributed by atoms with Crippen molar-refractivity contribution in [2.45, 2.75) is 25.3 Å². The Hall–Kier alpha value is -3.03. The van der Waals surface area contributed by atoms with Crippen LogP contribution >= 0.6 is 22.7 Å². The summed E-state index contributed by atoms with van der Waals surface area (Å²) in [4.78, 5) is 25.0. The molecule has 3 unspecified atom stereocenters. The molecule has 0 bridgehead atoms. The molecule has 0 amide bonds. The molecular formula is C25H21N3O2S2. The van der Waals surface area contributed by atoms with Crippen LogP contribution in [0.25, 0.3) is 32.2 Å². The zero-order valence-corrected chi connectivity index (χ0v) is 19.1. The summed E-state index contributed by atoms with van der Waals surface area (Å²) in [5, 5.41) is 7.59. The van der Waals surface area contributed by atoms with Crippen molar-refractivity contribution in [1.29, 1.82) is 0 Å². The number of nitrogens with zero attached hydrogens (tertiary/aromatic N) is 2. The number of benzene rings is 1. The first-order valence-corrected chi connectivity index (χ1v) is 12.5. The van der Waals surface area contributed by atoms with E-state index in [4.69, 9.17) is 14.7 Å². The molecule has 4 aromatic rings. The highest BCUT2D eigenvalue weighted by Crippen LogP contribution is 2.46. The SMILES string of the molecule is CCOC(=O)C1Nc2cc3nc(-c4cccs4)c(-c4cccs4)nc3cc2C2C=CCC12. The van der Waals surface area contributed by atoms with Crippen molar-refractivity contribution in [3.8, 4) is 21.1 Å². The Kier molecular flexibility index (Phi) is 4.81. The van der Waals surface area contributed by atoms with Crippen molar-refractivity contribution < 1.29 is 9.53 Å². The Morgan fingerprint density at radius 1 is 1.09 bits per heavy atom. The lowest BCUT2D eigenvalue weighted by molar-refractivity contribution is -0.145. The van der Waals surface area contributed by atoms with Gasteiger partial charge in [-0.1, -0.05) is 24.3 Å². The Labute approximate surface area is 193 Å². The zero-order chi connectivity index (χ0) is 21.7. The maximum absolute atomic E-state index is 12.7. The predicted octanol–water partition coefficient (Wildman–Crippen LogP) is 6.10. The lowest BCUT2D eigenvalue weighted by atomic mass is 9.79. The van der Waals surface area contributed by atoms with Gasteiger partial charge < -0.3 is 10.1 Å². The molecule has 0 spiro atoms. The molecule has 0 saturated carbocycles. The van der Waals surface area contributed by atoms with Gasteiger partial charge in [-0.05, 0) is 53.9 Å². The van der Waals surface area contributed by atoms with Crippen LogP contribution in [0.2, 0.25) is 0 Å².